The van der Waals surface area contributed by atoms with Gasteiger partial charge in [0, 0.05) is 5.69 Å². The highest BCUT2D eigenvalue weighted by atomic mass is 16.5. The van der Waals surface area contributed by atoms with Crippen LogP contribution in [0.3, 0.4) is 0 Å². The highest BCUT2D eigenvalue weighted by Gasteiger charge is 2.32. The van der Waals surface area contributed by atoms with Crippen LogP contribution in [0.5, 0.6) is 5.75 Å². The van der Waals surface area contributed by atoms with Gasteiger partial charge in [0.25, 0.3) is 0 Å². The standard InChI is InChI=1S/C19H22N2O2/c1-4-14-15-9-11(2)10-16(18(15)21-19(14)22)17(20)12-5-7-13(23-3)8-6-12/h5-10,14,17H,4,20H2,1-3H3,(H,21,22). The Morgan fingerprint density at radius 1 is 1.26 bits per heavy atom. The van der Waals surface area contributed by atoms with Crippen molar-refractivity contribution in [2.45, 2.75) is 32.2 Å². The first-order chi connectivity index (χ1) is 11.0. The Morgan fingerprint density at radius 3 is 2.57 bits per heavy atom. The Hall–Kier alpha value is -2.33. The van der Waals surface area contributed by atoms with Gasteiger partial charge in [0.2, 0.25) is 5.91 Å². The summed E-state index contributed by atoms with van der Waals surface area (Å²) in [5.74, 6) is 0.790. The normalized spacial score (nSPS) is 17.6. The molecule has 1 aliphatic heterocycles. The van der Waals surface area contributed by atoms with E-state index in [0.29, 0.717) is 0 Å². The van der Waals surface area contributed by atoms with Crippen molar-refractivity contribution in [3.63, 3.8) is 0 Å². The van der Waals surface area contributed by atoms with Crippen LogP contribution in [0.4, 0.5) is 5.69 Å². The van der Waals surface area contributed by atoms with Crippen molar-refractivity contribution in [1.82, 2.24) is 0 Å². The van der Waals surface area contributed by atoms with Crippen LogP contribution in [0.25, 0.3) is 0 Å². The average molecular weight is 310 g/mol. The highest BCUT2D eigenvalue weighted by molar-refractivity contribution is 6.04. The molecule has 0 radical (unpaired) electrons. The molecule has 2 aromatic carbocycles. The van der Waals surface area contributed by atoms with Gasteiger partial charge in [-0.3, -0.25) is 4.79 Å². The first-order valence-electron chi connectivity index (χ1n) is 7.90. The van der Waals surface area contributed by atoms with Crippen LogP contribution in [-0.4, -0.2) is 13.0 Å². The molecular weight excluding hydrogens is 288 g/mol. The predicted molar refractivity (Wildman–Crippen MR) is 91.9 cm³/mol. The SMILES string of the molecule is CCC1C(=O)Nc2c1cc(C)cc2C(N)c1ccc(OC)cc1. The molecule has 0 saturated carbocycles. The molecule has 4 heteroatoms. The molecule has 3 rings (SSSR count). The van der Waals surface area contributed by atoms with Gasteiger partial charge < -0.3 is 15.8 Å². The Labute approximate surface area is 136 Å². The summed E-state index contributed by atoms with van der Waals surface area (Å²) in [6.45, 7) is 4.07. The molecule has 1 aliphatic rings. The van der Waals surface area contributed by atoms with E-state index in [4.69, 9.17) is 10.5 Å². The minimum atomic E-state index is -0.287. The number of rotatable bonds is 4. The van der Waals surface area contributed by atoms with Gasteiger partial charge in [-0.25, -0.2) is 0 Å². The number of ether oxygens (including phenoxy) is 1. The number of methoxy groups -OCH3 is 1. The zero-order valence-corrected chi connectivity index (χ0v) is 13.7. The van der Waals surface area contributed by atoms with Crippen LogP contribution in [0.2, 0.25) is 0 Å². The van der Waals surface area contributed by atoms with E-state index in [1.807, 2.05) is 38.1 Å². The minimum Gasteiger partial charge on any atom is -0.497 e. The van der Waals surface area contributed by atoms with Crippen LogP contribution < -0.4 is 15.8 Å². The minimum absolute atomic E-state index is 0.0660. The maximum atomic E-state index is 12.2. The van der Waals surface area contributed by atoms with Gasteiger partial charge in [-0.1, -0.05) is 36.8 Å². The van der Waals surface area contributed by atoms with Gasteiger partial charge in [0.05, 0.1) is 19.1 Å². The van der Waals surface area contributed by atoms with E-state index in [1.54, 1.807) is 7.11 Å². The van der Waals surface area contributed by atoms with Crippen molar-refractivity contribution in [3.05, 3.63) is 58.7 Å². The van der Waals surface area contributed by atoms with Gasteiger partial charge in [-0.15, -0.1) is 0 Å². The quantitative estimate of drug-likeness (QED) is 0.908. The van der Waals surface area contributed by atoms with E-state index in [1.165, 1.54) is 0 Å². The zero-order valence-electron chi connectivity index (χ0n) is 13.7. The predicted octanol–water partition coefficient (Wildman–Crippen LogP) is 3.50. The Bertz CT molecular complexity index is 738. The number of hydrogen-bond acceptors (Lipinski definition) is 3. The number of benzene rings is 2. The molecule has 1 amide bonds. The Kier molecular flexibility index (Phi) is 4.09. The molecule has 23 heavy (non-hydrogen) atoms. The van der Waals surface area contributed by atoms with Crippen molar-refractivity contribution >= 4 is 11.6 Å². The topological polar surface area (TPSA) is 64.4 Å². The molecule has 120 valence electrons. The molecule has 2 atom stereocenters. The number of carbonyl (C=O) groups is 1. The summed E-state index contributed by atoms with van der Waals surface area (Å²) in [4.78, 5) is 12.2. The third-order valence-corrected chi connectivity index (χ3v) is 4.50. The van der Waals surface area contributed by atoms with Crippen LogP contribution in [0.15, 0.2) is 36.4 Å². The number of aryl methyl sites for hydroxylation is 1. The van der Waals surface area contributed by atoms with Gasteiger partial charge in [0.1, 0.15) is 5.75 Å². The Morgan fingerprint density at radius 2 is 1.96 bits per heavy atom. The van der Waals surface area contributed by atoms with Crippen LogP contribution >= 0.6 is 0 Å². The first kappa shape index (κ1) is 15.6. The monoisotopic (exact) mass is 310 g/mol. The van der Waals surface area contributed by atoms with Crippen LogP contribution in [0, 0.1) is 6.92 Å². The van der Waals surface area contributed by atoms with E-state index in [0.717, 1.165) is 40.1 Å². The summed E-state index contributed by atoms with van der Waals surface area (Å²) in [5.41, 5.74) is 11.5. The fourth-order valence-corrected chi connectivity index (χ4v) is 3.26. The van der Waals surface area contributed by atoms with Gasteiger partial charge in [0.15, 0.2) is 0 Å². The largest absolute Gasteiger partial charge is 0.497 e. The van der Waals surface area contributed by atoms with Crippen molar-refractivity contribution in [2.24, 2.45) is 5.73 Å². The van der Waals surface area contributed by atoms with Gasteiger partial charge >= 0.3 is 0 Å². The Balaban J connectivity index is 2.04. The maximum absolute atomic E-state index is 12.2. The molecule has 4 nitrogen and oxygen atoms in total. The van der Waals surface area contributed by atoms with Crippen molar-refractivity contribution in [3.8, 4) is 5.75 Å². The van der Waals surface area contributed by atoms with Gasteiger partial charge in [-0.2, -0.15) is 0 Å². The third-order valence-electron chi connectivity index (χ3n) is 4.50. The lowest BCUT2D eigenvalue weighted by molar-refractivity contribution is -0.117. The number of nitrogens with two attached hydrogens (primary N) is 1. The highest BCUT2D eigenvalue weighted by Crippen LogP contribution is 2.41. The molecule has 0 aliphatic carbocycles. The fourth-order valence-electron chi connectivity index (χ4n) is 3.26. The van der Waals surface area contributed by atoms with Crippen LogP contribution in [-0.2, 0) is 4.79 Å². The van der Waals surface area contributed by atoms with E-state index in [9.17, 15) is 4.79 Å². The van der Waals surface area contributed by atoms with Crippen molar-refractivity contribution in [1.29, 1.82) is 0 Å². The number of anilines is 1. The van der Waals surface area contributed by atoms with Crippen LogP contribution in [0.1, 0.15) is 47.6 Å². The number of fused-ring (bicyclic) bond motifs is 1. The lowest BCUT2D eigenvalue weighted by Gasteiger charge is -2.18. The summed E-state index contributed by atoms with van der Waals surface area (Å²) >= 11 is 0. The molecule has 0 saturated heterocycles. The summed E-state index contributed by atoms with van der Waals surface area (Å²) < 4.78 is 5.19. The second-order valence-electron chi connectivity index (χ2n) is 6.02. The molecular formula is C19H22N2O2. The van der Waals surface area contributed by atoms with Gasteiger partial charge in [-0.05, 0) is 42.2 Å². The molecule has 2 unspecified atom stereocenters. The molecule has 2 aromatic rings. The molecule has 1 heterocycles. The average Bonchev–Trinajstić information content (AvgIpc) is 2.88. The lowest BCUT2D eigenvalue weighted by atomic mass is 9.90. The summed E-state index contributed by atoms with van der Waals surface area (Å²) in [6, 6.07) is 11.6. The van der Waals surface area contributed by atoms with E-state index in [-0.39, 0.29) is 17.9 Å². The third kappa shape index (κ3) is 2.70. The molecule has 0 spiro atoms. The molecule has 3 N–H and O–H groups in total. The second kappa shape index (κ2) is 6.05. The molecule has 0 fully saturated rings. The zero-order chi connectivity index (χ0) is 16.6. The first-order valence-corrected chi connectivity index (χ1v) is 7.90. The summed E-state index contributed by atoms with van der Waals surface area (Å²) in [5, 5.41) is 3.02. The number of nitrogens with one attached hydrogen (secondary N) is 1. The van der Waals surface area contributed by atoms with Crippen molar-refractivity contribution in [2.75, 3.05) is 12.4 Å². The molecule has 0 bridgehead atoms. The second-order valence-corrected chi connectivity index (χ2v) is 6.02. The summed E-state index contributed by atoms with van der Waals surface area (Å²) in [6.07, 6.45) is 0.791. The number of hydrogen-bond donors (Lipinski definition) is 2. The fraction of sp³-hybridized carbons (Fsp3) is 0.316. The van der Waals surface area contributed by atoms with E-state index in [2.05, 4.69) is 17.4 Å². The number of amides is 1. The van der Waals surface area contributed by atoms with E-state index < -0.39 is 0 Å². The molecule has 0 aromatic heterocycles. The van der Waals surface area contributed by atoms with E-state index >= 15 is 0 Å². The number of carbonyl (C=O) groups excluding carboxylic acids is 1. The lowest BCUT2D eigenvalue weighted by Crippen LogP contribution is -2.15. The van der Waals surface area contributed by atoms with Crippen molar-refractivity contribution < 1.29 is 9.53 Å². The smallest absolute Gasteiger partial charge is 0.232 e. The summed E-state index contributed by atoms with van der Waals surface area (Å²) in [7, 11) is 1.64. The maximum Gasteiger partial charge on any atom is 0.232 e.